The predicted molar refractivity (Wildman–Crippen MR) is 193 cm³/mol. The van der Waals surface area contributed by atoms with E-state index in [1.54, 1.807) is 4.90 Å². The van der Waals surface area contributed by atoms with Gasteiger partial charge in [-0.1, -0.05) is 69.6 Å². The molecule has 1 saturated carbocycles. The van der Waals surface area contributed by atoms with E-state index < -0.39 is 0 Å². The molecule has 1 aliphatic carbocycles. The van der Waals surface area contributed by atoms with E-state index in [0.717, 1.165) is 57.9 Å². The Morgan fingerprint density at radius 3 is 2.62 bits per heavy atom. The minimum absolute atomic E-state index is 0.145. The van der Waals surface area contributed by atoms with E-state index >= 15 is 0 Å². The number of ether oxygens (including phenoxy) is 1. The van der Waals surface area contributed by atoms with Crippen LogP contribution in [0.1, 0.15) is 64.1 Å². The summed E-state index contributed by atoms with van der Waals surface area (Å²) in [7, 11) is 2.25. The summed E-state index contributed by atoms with van der Waals surface area (Å²) in [6.07, 6.45) is 7.01. The van der Waals surface area contributed by atoms with Crippen LogP contribution in [0.25, 0.3) is 10.8 Å². The van der Waals surface area contributed by atoms with Gasteiger partial charge in [0.05, 0.1) is 41.3 Å². The number of carbonyl (C=O) groups is 1. The standard InChI is InChI=1S/C38H48ClN7O2/c1-6-34(47)46-22-21-45(23-29(46)17-19-40)36-30-18-20-44(33-16-9-12-27-11-8-15-31(39)35(27)33)24-32(30)41-37(42-36)48-25-38(7-2,26(3)4)43(5)28-13-10-14-28/h6,8-9,11-12,15-16,26,28-29H,1,7,10,13-14,17-18,20-25H2,2-5H3/t29?,38-/m0/s1. The van der Waals surface area contributed by atoms with Gasteiger partial charge < -0.3 is 19.4 Å². The number of halogens is 1. The minimum Gasteiger partial charge on any atom is -0.461 e. The number of piperazine rings is 1. The molecule has 0 radical (unpaired) electrons. The molecule has 48 heavy (non-hydrogen) atoms. The Morgan fingerprint density at radius 1 is 1.19 bits per heavy atom. The molecular formula is C38H48ClN7O2. The van der Waals surface area contributed by atoms with Gasteiger partial charge in [0.2, 0.25) is 5.91 Å². The maximum absolute atomic E-state index is 12.7. The molecule has 254 valence electrons. The molecule has 6 rings (SSSR count). The summed E-state index contributed by atoms with van der Waals surface area (Å²) in [5, 5.41) is 12.5. The van der Waals surface area contributed by atoms with Gasteiger partial charge in [-0.15, -0.1) is 0 Å². The molecule has 3 heterocycles. The van der Waals surface area contributed by atoms with Crippen molar-refractivity contribution in [1.82, 2.24) is 19.8 Å². The van der Waals surface area contributed by atoms with Crippen molar-refractivity contribution < 1.29 is 9.53 Å². The molecule has 0 bridgehead atoms. The monoisotopic (exact) mass is 669 g/mol. The molecule has 2 aliphatic heterocycles. The van der Waals surface area contributed by atoms with Crippen LogP contribution in [0.3, 0.4) is 0 Å². The van der Waals surface area contributed by atoms with Crippen LogP contribution in [0.2, 0.25) is 5.02 Å². The highest BCUT2D eigenvalue weighted by Gasteiger charge is 2.42. The topological polar surface area (TPSA) is 88.8 Å². The number of fused-ring (bicyclic) bond motifs is 2. The predicted octanol–water partition coefficient (Wildman–Crippen LogP) is 6.63. The van der Waals surface area contributed by atoms with Crippen LogP contribution in [-0.4, -0.2) is 83.1 Å². The van der Waals surface area contributed by atoms with Crippen molar-refractivity contribution in [3.8, 4) is 12.1 Å². The summed E-state index contributed by atoms with van der Waals surface area (Å²) in [6, 6.07) is 15.3. The maximum atomic E-state index is 12.7. The summed E-state index contributed by atoms with van der Waals surface area (Å²) < 4.78 is 6.68. The molecule has 1 saturated heterocycles. The molecule has 1 amide bonds. The average molecular weight is 670 g/mol. The van der Waals surface area contributed by atoms with E-state index in [-0.39, 0.29) is 23.9 Å². The Labute approximate surface area is 290 Å². The number of benzene rings is 2. The maximum Gasteiger partial charge on any atom is 0.318 e. The SMILES string of the molecule is C=CC(=O)N1CCN(c2nc(OC[C@@](CC)(C(C)C)N(C)C3CCC3)nc3c2CCN(c2cccc4cccc(Cl)c24)C3)CC1CC#N. The van der Waals surface area contributed by atoms with E-state index in [2.05, 4.69) is 79.4 Å². The fourth-order valence-corrected chi connectivity index (χ4v) is 8.24. The van der Waals surface area contributed by atoms with E-state index in [1.807, 2.05) is 12.1 Å². The number of hydrogen-bond donors (Lipinski definition) is 0. The molecule has 3 aliphatic rings. The second-order valence-corrected chi connectivity index (χ2v) is 14.2. The Morgan fingerprint density at radius 2 is 1.96 bits per heavy atom. The van der Waals surface area contributed by atoms with Crippen molar-refractivity contribution in [3.63, 3.8) is 0 Å². The summed E-state index contributed by atoms with van der Waals surface area (Å²) in [4.78, 5) is 31.8. The van der Waals surface area contributed by atoms with Crippen LogP contribution in [0.5, 0.6) is 6.01 Å². The molecular weight excluding hydrogens is 622 g/mol. The van der Waals surface area contributed by atoms with Gasteiger partial charge in [-0.3, -0.25) is 9.69 Å². The van der Waals surface area contributed by atoms with Gasteiger partial charge in [-0.25, -0.2) is 0 Å². The van der Waals surface area contributed by atoms with Gasteiger partial charge in [-0.05, 0) is 62.2 Å². The van der Waals surface area contributed by atoms with Crippen molar-refractivity contribution in [2.75, 3.05) is 49.6 Å². The first-order chi connectivity index (χ1) is 23.2. The number of nitrogens with zero attached hydrogens (tertiary/aromatic N) is 7. The van der Waals surface area contributed by atoms with Crippen molar-refractivity contribution in [1.29, 1.82) is 5.26 Å². The number of amides is 1. The van der Waals surface area contributed by atoms with Gasteiger partial charge >= 0.3 is 6.01 Å². The summed E-state index contributed by atoms with van der Waals surface area (Å²) >= 11 is 6.76. The molecule has 2 atom stereocenters. The Balaban J connectivity index is 1.37. The molecule has 0 N–H and O–H groups in total. The van der Waals surface area contributed by atoms with E-state index in [0.29, 0.717) is 50.8 Å². The molecule has 1 aromatic heterocycles. The lowest BCUT2D eigenvalue weighted by Gasteiger charge is -2.50. The van der Waals surface area contributed by atoms with Crippen molar-refractivity contribution in [3.05, 3.63) is 65.3 Å². The third-order valence-electron chi connectivity index (χ3n) is 11.2. The van der Waals surface area contributed by atoms with Crippen LogP contribution in [-0.2, 0) is 17.8 Å². The highest BCUT2D eigenvalue weighted by Crippen LogP contribution is 2.39. The number of anilines is 2. The molecule has 10 heteroatoms. The first-order valence-corrected chi connectivity index (χ1v) is 17.8. The van der Waals surface area contributed by atoms with Crippen LogP contribution >= 0.6 is 11.6 Å². The molecule has 2 fully saturated rings. The largest absolute Gasteiger partial charge is 0.461 e. The van der Waals surface area contributed by atoms with Crippen molar-refractivity contribution >= 4 is 39.8 Å². The zero-order chi connectivity index (χ0) is 34.0. The van der Waals surface area contributed by atoms with Crippen LogP contribution in [0.4, 0.5) is 11.5 Å². The molecule has 1 unspecified atom stereocenters. The highest BCUT2D eigenvalue weighted by atomic mass is 35.5. The van der Waals surface area contributed by atoms with Crippen molar-refractivity contribution in [2.45, 2.75) is 83.5 Å². The van der Waals surface area contributed by atoms with Crippen LogP contribution in [0.15, 0.2) is 49.1 Å². The zero-order valence-electron chi connectivity index (χ0n) is 28.8. The number of likely N-dealkylation sites (N-methyl/N-ethyl adjacent to an activating group) is 1. The Hall–Kier alpha value is -3.87. The second kappa shape index (κ2) is 14.3. The molecule has 9 nitrogen and oxygen atoms in total. The Bertz CT molecular complexity index is 1700. The minimum atomic E-state index is -0.257. The zero-order valence-corrected chi connectivity index (χ0v) is 29.5. The normalized spacial score (nSPS) is 19.5. The first-order valence-electron chi connectivity index (χ1n) is 17.4. The lowest BCUT2D eigenvalue weighted by atomic mass is 9.79. The van der Waals surface area contributed by atoms with E-state index in [4.69, 9.17) is 26.3 Å². The molecule has 3 aromatic rings. The highest BCUT2D eigenvalue weighted by molar-refractivity contribution is 6.36. The van der Waals surface area contributed by atoms with E-state index in [1.165, 1.54) is 25.3 Å². The number of hydrogen-bond acceptors (Lipinski definition) is 8. The van der Waals surface area contributed by atoms with Crippen molar-refractivity contribution in [2.24, 2.45) is 5.92 Å². The summed E-state index contributed by atoms with van der Waals surface area (Å²) in [5.74, 6) is 1.07. The third-order valence-corrected chi connectivity index (χ3v) is 11.5. The lowest BCUT2D eigenvalue weighted by molar-refractivity contribution is -0.128. The number of aromatic nitrogens is 2. The van der Waals surface area contributed by atoms with Gasteiger partial charge in [0.1, 0.15) is 12.4 Å². The summed E-state index contributed by atoms with van der Waals surface area (Å²) in [5.41, 5.74) is 2.97. The summed E-state index contributed by atoms with van der Waals surface area (Å²) in [6.45, 7) is 14.0. The number of carbonyl (C=O) groups excluding carboxylic acids is 1. The average Bonchev–Trinajstić information content (AvgIpc) is 3.07. The fourth-order valence-electron chi connectivity index (χ4n) is 7.96. The van der Waals surface area contributed by atoms with Gasteiger partial charge in [0.25, 0.3) is 0 Å². The molecule has 2 aromatic carbocycles. The lowest BCUT2D eigenvalue weighted by Crippen LogP contribution is -2.59. The third kappa shape index (κ3) is 6.33. The first kappa shape index (κ1) is 34.0. The molecule has 0 spiro atoms. The van der Waals surface area contributed by atoms with Gasteiger partial charge in [0.15, 0.2) is 0 Å². The van der Waals surface area contributed by atoms with Gasteiger partial charge in [-0.2, -0.15) is 15.2 Å². The smallest absolute Gasteiger partial charge is 0.318 e. The van der Waals surface area contributed by atoms with Gasteiger partial charge in [0, 0.05) is 48.9 Å². The van der Waals surface area contributed by atoms with Crippen LogP contribution < -0.4 is 14.5 Å². The fraction of sp³-hybridized carbons (Fsp3) is 0.526. The number of rotatable bonds is 11. The quantitative estimate of drug-likeness (QED) is 0.210. The second-order valence-electron chi connectivity index (χ2n) is 13.8. The Kier molecular flexibility index (Phi) is 10.1. The number of nitriles is 1. The van der Waals surface area contributed by atoms with Crippen LogP contribution in [0, 0.1) is 17.2 Å². The van der Waals surface area contributed by atoms with E-state index in [9.17, 15) is 10.1 Å².